The van der Waals surface area contributed by atoms with Gasteiger partial charge in [0.15, 0.2) is 0 Å². The van der Waals surface area contributed by atoms with E-state index < -0.39 is 0 Å². The van der Waals surface area contributed by atoms with Gasteiger partial charge in [-0.25, -0.2) is 4.39 Å². The van der Waals surface area contributed by atoms with Crippen LogP contribution in [-0.4, -0.2) is 30.6 Å². The number of hydrogen-bond acceptors (Lipinski definition) is 3. The molecule has 1 heterocycles. The van der Waals surface area contributed by atoms with Crippen LogP contribution >= 0.6 is 0 Å². The second-order valence-electron chi connectivity index (χ2n) is 4.39. The lowest BCUT2D eigenvalue weighted by Crippen LogP contribution is -2.32. The fourth-order valence-electron chi connectivity index (χ4n) is 2.18. The SMILES string of the molecule is N#CCNC1CCN(Cc2ccc(F)cc2)C1. The molecule has 1 unspecified atom stereocenters. The molecule has 0 aromatic heterocycles. The number of likely N-dealkylation sites (tertiary alicyclic amines) is 1. The third-order valence-corrected chi connectivity index (χ3v) is 3.06. The molecule has 1 saturated heterocycles. The lowest BCUT2D eigenvalue weighted by molar-refractivity contribution is 0.321. The summed E-state index contributed by atoms with van der Waals surface area (Å²) in [6.45, 7) is 3.25. The molecule has 1 aliphatic heterocycles. The van der Waals surface area contributed by atoms with Gasteiger partial charge in [0.1, 0.15) is 5.82 Å². The molecule has 0 amide bonds. The number of halogens is 1. The Kier molecular flexibility index (Phi) is 4.08. The van der Waals surface area contributed by atoms with E-state index in [0.717, 1.165) is 31.6 Å². The quantitative estimate of drug-likeness (QED) is 0.801. The van der Waals surface area contributed by atoms with Crippen molar-refractivity contribution < 1.29 is 4.39 Å². The van der Waals surface area contributed by atoms with Crippen molar-refractivity contribution in [2.24, 2.45) is 0 Å². The Balaban J connectivity index is 1.81. The van der Waals surface area contributed by atoms with Gasteiger partial charge >= 0.3 is 0 Å². The van der Waals surface area contributed by atoms with E-state index in [0.29, 0.717) is 12.6 Å². The van der Waals surface area contributed by atoms with Gasteiger partial charge in [-0.1, -0.05) is 12.1 Å². The van der Waals surface area contributed by atoms with Crippen molar-refractivity contribution in [3.8, 4) is 6.07 Å². The van der Waals surface area contributed by atoms with Crippen LogP contribution in [0.4, 0.5) is 4.39 Å². The first kappa shape index (κ1) is 12.0. The molecule has 0 radical (unpaired) electrons. The van der Waals surface area contributed by atoms with Crippen LogP contribution in [0.15, 0.2) is 24.3 Å². The molecule has 17 heavy (non-hydrogen) atoms. The van der Waals surface area contributed by atoms with E-state index in [2.05, 4.69) is 16.3 Å². The first-order valence-electron chi connectivity index (χ1n) is 5.85. The van der Waals surface area contributed by atoms with Crippen LogP contribution in [0.2, 0.25) is 0 Å². The molecule has 3 nitrogen and oxygen atoms in total. The lowest BCUT2D eigenvalue weighted by atomic mass is 10.2. The second kappa shape index (κ2) is 5.76. The van der Waals surface area contributed by atoms with Gasteiger partial charge in [0.2, 0.25) is 0 Å². The summed E-state index contributed by atoms with van der Waals surface area (Å²) in [7, 11) is 0. The maximum absolute atomic E-state index is 12.7. The van der Waals surface area contributed by atoms with E-state index in [1.165, 1.54) is 12.1 Å². The third-order valence-electron chi connectivity index (χ3n) is 3.06. The minimum absolute atomic E-state index is 0.191. The smallest absolute Gasteiger partial charge is 0.123 e. The zero-order valence-electron chi connectivity index (χ0n) is 9.69. The van der Waals surface area contributed by atoms with Gasteiger partial charge < -0.3 is 5.32 Å². The lowest BCUT2D eigenvalue weighted by Gasteiger charge is -2.16. The molecule has 0 spiro atoms. The Morgan fingerprint density at radius 3 is 2.88 bits per heavy atom. The van der Waals surface area contributed by atoms with Crippen molar-refractivity contribution in [3.63, 3.8) is 0 Å². The largest absolute Gasteiger partial charge is 0.300 e. The second-order valence-corrected chi connectivity index (χ2v) is 4.39. The molecular weight excluding hydrogens is 217 g/mol. The Labute approximate surface area is 101 Å². The van der Waals surface area contributed by atoms with Crippen molar-refractivity contribution in [2.45, 2.75) is 19.0 Å². The topological polar surface area (TPSA) is 39.1 Å². The van der Waals surface area contributed by atoms with Crippen molar-refractivity contribution >= 4 is 0 Å². The molecule has 1 aromatic rings. The van der Waals surface area contributed by atoms with Crippen molar-refractivity contribution in [2.75, 3.05) is 19.6 Å². The van der Waals surface area contributed by atoms with Crippen molar-refractivity contribution in [3.05, 3.63) is 35.6 Å². The van der Waals surface area contributed by atoms with E-state index in [-0.39, 0.29) is 5.82 Å². The minimum atomic E-state index is -0.191. The molecule has 1 aromatic carbocycles. The first-order chi connectivity index (χ1) is 8.28. The molecule has 2 rings (SSSR count). The van der Waals surface area contributed by atoms with E-state index >= 15 is 0 Å². The van der Waals surface area contributed by atoms with Gasteiger partial charge in [-0.15, -0.1) is 0 Å². The molecular formula is C13H16FN3. The normalized spacial score (nSPS) is 20.4. The summed E-state index contributed by atoms with van der Waals surface area (Å²) >= 11 is 0. The summed E-state index contributed by atoms with van der Waals surface area (Å²) in [4.78, 5) is 2.32. The average Bonchev–Trinajstić information content (AvgIpc) is 2.77. The van der Waals surface area contributed by atoms with Crippen molar-refractivity contribution in [1.29, 1.82) is 5.26 Å². The number of nitriles is 1. The first-order valence-corrected chi connectivity index (χ1v) is 5.85. The van der Waals surface area contributed by atoms with Crippen LogP contribution in [0.5, 0.6) is 0 Å². The van der Waals surface area contributed by atoms with E-state index in [1.807, 2.05) is 12.1 Å². The van der Waals surface area contributed by atoms with Gasteiger partial charge in [0.25, 0.3) is 0 Å². The number of hydrogen-bond donors (Lipinski definition) is 1. The predicted octanol–water partition coefficient (Wildman–Crippen LogP) is 1.51. The van der Waals surface area contributed by atoms with Crippen LogP contribution in [0, 0.1) is 17.1 Å². The van der Waals surface area contributed by atoms with Crippen LogP contribution in [0.3, 0.4) is 0 Å². The fraction of sp³-hybridized carbons (Fsp3) is 0.462. The van der Waals surface area contributed by atoms with Gasteiger partial charge in [0.05, 0.1) is 12.6 Å². The molecule has 1 N–H and O–H groups in total. The Hall–Kier alpha value is -1.44. The van der Waals surface area contributed by atoms with Gasteiger partial charge in [0, 0.05) is 25.7 Å². The number of nitrogens with zero attached hydrogens (tertiary/aromatic N) is 2. The van der Waals surface area contributed by atoms with Crippen molar-refractivity contribution in [1.82, 2.24) is 10.2 Å². The standard InChI is InChI=1S/C13H16FN3/c14-12-3-1-11(2-4-12)9-17-8-5-13(10-17)16-7-6-15/h1-4,13,16H,5,7-10H2. The molecule has 0 saturated carbocycles. The summed E-state index contributed by atoms with van der Waals surface area (Å²) in [6.07, 6.45) is 1.07. The fourth-order valence-corrected chi connectivity index (χ4v) is 2.18. The zero-order chi connectivity index (χ0) is 12.1. The van der Waals surface area contributed by atoms with Gasteiger partial charge in [-0.05, 0) is 24.1 Å². The Bertz CT molecular complexity index is 396. The summed E-state index contributed by atoms with van der Waals surface area (Å²) in [6, 6.07) is 9.15. The average molecular weight is 233 g/mol. The highest BCUT2D eigenvalue weighted by atomic mass is 19.1. The molecule has 1 fully saturated rings. The van der Waals surface area contributed by atoms with E-state index in [4.69, 9.17) is 5.26 Å². The molecule has 4 heteroatoms. The van der Waals surface area contributed by atoms with Crippen LogP contribution in [0.1, 0.15) is 12.0 Å². The van der Waals surface area contributed by atoms with Gasteiger partial charge in [-0.2, -0.15) is 5.26 Å². The molecule has 0 bridgehead atoms. The van der Waals surface area contributed by atoms with E-state index in [9.17, 15) is 4.39 Å². The highest BCUT2D eigenvalue weighted by Crippen LogP contribution is 2.13. The minimum Gasteiger partial charge on any atom is -0.300 e. The summed E-state index contributed by atoms with van der Waals surface area (Å²) in [5, 5.41) is 11.7. The van der Waals surface area contributed by atoms with Crippen LogP contribution in [-0.2, 0) is 6.54 Å². The molecule has 1 atom stereocenters. The van der Waals surface area contributed by atoms with Crippen LogP contribution in [0.25, 0.3) is 0 Å². The maximum Gasteiger partial charge on any atom is 0.123 e. The summed E-state index contributed by atoms with van der Waals surface area (Å²) < 4.78 is 12.7. The third kappa shape index (κ3) is 3.52. The highest BCUT2D eigenvalue weighted by Gasteiger charge is 2.21. The monoisotopic (exact) mass is 233 g/mol. The van der Waals surface area contributed by atoms with E-state index in [1.54, 1.807) is 0 Å². The zero-order valence-corrected chi connectivity index (χ0v) is 9.69. The molecule has 0 aliphatic carbocycles. The number of rotatable bonds is 4. The maximum atomic E-state index is 12.7. The Morgan fingerprint density at radius 2 is 2.18 bits per heavy atom. The number of nitrogens with one attached hydrogen (secondary N) is 1. The molecule has 90 valence electrons. The molecule has 1 aliphatic rings. The summed E-state index contributed by atoms with van der Waals surface area (Å²) in [5.74, 6) is -0.191. The van der Waals surface area contributed by atoms with Gasteiger partial charge in [-0.3, -0.25) is 4.90 Å². The van der Waals surface area contributed by atoms with Crippen LogP contribution < -0.4 is 5.32 Å². The summed E-state index contributed by atoms with van der Waals surface area (Å²) in [5.41, 5.74) is 1.13. The predicted molar refractivity (Wildman–Crippen MR) is 63.7 cm³/mol. The number of benzene rings is 1. The Morgan fingerprint density at radius 1 is 1.41 bits per heavy atom. The highest BCUT2D eigenvalue weighted by molar-refractivity contribution is 5.16.